The van der Waals surface area contributed by atoms with Crippen molar-refractivity contribution in [1.82, 2.24) is 4.98 Å². The molecule has 0 saturated heterocycles. The van der Waals surface area contributed by atoms with Crippen LogP contribution in [0.15, 0.2) is 22.7 Å². The fourth-order valence-corrected chi connectivity index (χ4v) is 1.37. The van der Waals surface area contributed by atoms with E-state index in [0.29, 0.717) is 11.4 Å². The van der Waals surface area contributed by atoms with Gasteiger partial charge in [0.05, 0.1) is 19.0 Å². The van der Waals surface area contributed by atoms with Crippen molar-refractivity contribution in [3.63, 3.8) is 0 Å². The molecule has 0 aliphatic carbocycles. The number of ether oxygens (including phenoxy) is 1. The van der Waals surface area contributed by atoms with E-state index in [9.17, 15) is 4.55 Å². The number of methoxy groups -OCH3 is 1. The summed E-state index contributed by atoms with van der Waals surface area (Å²) in [6.07, 6.45) is 3.11. The number of aromatic nitrogens is 1. The van der Waals surface area contributed by atoms with Crippen LogP contribution in [0.5, 0.6) is 5.75 Å². The minimum Gasteiger partial charge on any atom is -0.591 e. The monoisotopic (exact) mass is 240 g/mol. The lowest BCUT2D eigenvalue weighted by Crippen LogP contribution is -2.25. The summed E-state index contributed by atoms with van der Waals surface area (Å²) in [6.45, 7) is 5.63. The summed E-state index contributed by atoms with van der Waals surface area (Å²) in [7, 11) is 1.58. The largest absolute Gasteiger partial charge is 0.591 e. The predicted molar refractivity (Wildman–Crippen MR) is 66.3 cm³/mol. The van der Waals surface area contributed by atoms with Crippen LogP contribution < -0.4 is 4.74 Å². The average Bonchev–Trinajstić information content (AvgIpc) is 2.25. The van der Waals surface area contributed by atoms with Gasteiger partial charge in [0.25, 0.3) is 0 Å². The number of pyridine rings is 1. The number of hydrogen-bond donors (Lipinski definition) is 0. The Bertz CT molecular complexity index is 357. The van der Waals surface area contributed by atoms with Crippen molar-refractivity contribution in [2.45, 2.75) is 25.5 Å². The Morgan fingerprint density at radius 3 is 2.56 bits per heavy atom. The molecule has 0 N–H and O–H groups in total. The number of hydrogen-bond acceptors (Lipinski definition) is 4. The lowest BCUT2D eigenvalue weighted by molar-refractivity contribution is 0.413. The minimum absolute atomic E-state index is 0.344. The van der Waals surface area contributed by atoms with Crippen molar-refractivity contribution >= 4 is 17.6 Å². The van der Waals surface area contributed by atoms with Crippen LogP contribution in [-0.2, 0) is 11.4 Å². The van der Waals surface area contributed by atoms with Gasteiger partial charge in [-0.1, -0.05) is 4.40 Å². The van der Waals surface area contributed by atoms with Crippen molar-refractivity contribution in [1.29, 1.82) is 0 Å². The molecule has 0 bridgehead atoms. The Morgan fingerprint density at radius 2 is 2.12 bits per heavy atom. The Hall–Kier alpha value is -1.07. The topological polar surface area (TPSA) is 57.5 Å². The van der Waals surface area contributed by atoms with Gasteiger partial charge in [-0.2, -0.15) is 0 Å². The third kappa shape index (κ3) is 3.83. The first-order valence-corrected chi connectivity index (χ1v) is 6.00. The molecule has 0 spiro atoms. The maximum Gasteiger partial charge on any atom is 0.144 e. The Morgan fingerprint density at radius 1 is 1.44 bits per heavy atom. The molecule has 88 valence electrons. The zero-order valence-corrected chi connectivity index (χ0v) is 10.7. The van der Waals surface area contributed by atoms with Gasteiger partial charge in [-0.15, -0.1) is 0 Å². The molecule has 1 aromatic rings. The average molecular weight is 240 g/mol. The molecular weight excluding hydrogens is 224 g/mol. The zero-order valence-electron chi connectivity index (χ0n) is 9.93. The van der Waals surface area contributed by atoms with Crippen LogP contribution in [0.1, 0.15) is 26.5 Å². The molecule has 1 heterocycles. The summed E-state index contributed by atoms with van der Waals surface area (Å²) in [6, 6.07) is 3.55. The van der Waals surface area contributed by atoms with Gasteiger partial charge >= 0.3 is 0 Å². The van der Waals surface area contributed by atoms with E-state index in [-0.39, 0.29) is 4.75 Å². The lowest BCUT2D eigenvalue weighted by atomic mass is 10.3. The van der Waals surface area contributed by atoms with Gasteiger partial charge in [-0.05, 0) is 32.9 Å². The highest BCUT2D eigenvalue weighted by Crippen LogP contribution is 2.16. The first-order chi connectivity index (χ1) is 7.43. The van der Waals surface area contributed by atoms with Crippen LogP contribution in [0.4, 0.5) is 0 Å². The minimum atomic E-state index is -1.25. The maximum atomic E-state index is 11.6. The van der Waals surface area contributed by atoms with Gasteiger partial charge in [-0.25, -0.2) is 0 Å². The SMILES string of the molecule is COc1ccc(C=N[S+]([O-])C(C)(C)C)nc1. The highest BCUT2D eigenvalue weighted by molar-refractivity contribution is 7.91. The molecule has 0 saturated carbocycles. The van der Waals surface area contributed by atoms with Gasteiger partial charge in [0.15, 0.2) is 0 Å². The second kappa shape index (κ2) is 5.32. The quantitative estimate of drug-likeness (QED) is 0.599. The highest BCUT2D eigenvalue weighted by atomic mass is 32.2. The van der Waals surface area contributed by atoms with E-state index in [1.807, 2.05) is 20.8 Å². The van der Waals surface area contributed by atoms with Crippen LogP contribution in [0, 0.1) is 0 Å². The van der Waals surface area contributed by atoms with Crippen LogP contribution in [0.25, 0.3) is 0 Å². The van der Waals surface area contributed by atoms with Gasteiger partial charge in [0.1, 0.15) is 28.1 Å². The van der Waals surface area contributed by atoms with Gasteiger partial charge < -0.3 is 9.29 Å². The fraction of sp³-hybridized carbons (Fsp3) is 0.455. The molecule has 0 fully saturated rings. The molecule has 1 atom stereocenters. The lowest BCUT2D eigenvalue weighted by Gasteiger charge is -2.17. The second-order valence-corrected chi connectivity index (χ2v) is 6.15. The van der Waals surface area contributed by atoms with Gasteiger partial charge in [-0.3, -0.25) is 4.98 Å². The van der Waals surface area contributed by atoms with Crippen molar-refractivity contribution in [2.75, 3.05) is 7.11 Å². The zero-order chi connectivity index (χ0) is 12.2. The summed E-state index contributed by atoms with van der Waals surface area (Å²) < 4.78 is 20.2. The standard InChI is InChI=1S/C11H16N2O2S/c1-11(2,3)16(14)13-7-9-5-6-10(15-4)8-12-9/h5-8H,1-4H3. The Kier molecular flexibility index (Phi) is 4.32. The van der Waals surface area contributed by atoms with Crippen LogP contribution in [-0.4, -0.2) is 27.6 Å². The summed E-state index contributed by atoms with van der Waals surface area (Å²) in [5.41, 5.74) is 0.665. The summed E-state index contributed by atoms with van der Waals surface area (Å²) in [4.78, 5) is 4.09. The summed E-state index contributed by atoms with van der Waals surface area (Å²) >= 11 is -1.25. The summed E-state index contributed by atoms with van der Waals surface area (Å²) in [5.74, 6) is 0.689. The second-order valence-electron chi connectivity index (χ2n) is 4.22. The normalized spacial score (nSPS) is 14.1. The van der Waals surface area contributed by atoms with E-state index in [0.717, 1.165) is 0 Å². The van der Waals surface area contributed by atoms with E-state index < -0.39 is 11.4 Å². The van der Waals surface area contributed by atoms with Crippen LogP contribution >= 0.6 is 0 Å². The van der Waals surface area contributed by atoms with E-state index in [1.54, 1.807) is 25.4 Å². The van der Waals surface area contributed by atoms with E-state index in [2.05, 4.69) is 9.38 Å². The molecule has 1 unspecified atom stereocenters. The molecule has 5 heteroatoms. The van der Waals surface area contributed by atoms with E-state index >= 15 is 0 Å². The Balaban J connectivity index is 2.69. The first kappa shape index (κ1) is 13.0. The third-order valence-corrected chi connectivity index (χ3v) is 3.14. The summed E-state index contributed by atoms with van der Waals surface area (Å²) in [5, 5.41) is 0. The van der Waals surface area contributed by atoms with E-state index in [1.165, 1.54) is 6.21 Å². The molecule has 0 aliphatic heterocycles. The maximum absolute atomic E-state index is 11.6. The molecule has 0 radical (unpaired) electrons. The Labute approximate surface area is 99.1 Å². The van der Waals surface area contributed by atoms with Crippen molar-refractivity contribution in [3.8, 4) is 5.75 Å². The molecule has 16 heavy (non-hydrogen) atoms. The highest BCUT2D eigenvalue weighted by Gasteiger charge is 2.25. The molecule has 0 amide bonds. The smallest absolute Gasteiger partial charge is 0.144 e. The van der Waals surface area contributed by atoms with Crippen molar-refractivity contribution < 1.29 is 9.29 Å². The molecule has 4 nitrogen and oxygen atoms in total. The van der Waals surface area contributed by atoms with E-state index in [4.69, 9.17) is 4.74 Å². The molecule has 0 aromatic carbocycles. The number of rotatable bonds is 3. The fourth-order valence-electron chi connectivity index (χ4n) is 0.849. The van der Waals surface area contributed by atoms with Crippen molar-refractivity contribution in [2.24, 2.45) is 4.40 Å². The predicted octanol–water partition coefficient (Wildman–Crippen LogP) is 1.97. The van der Waals surface area contributed by atoms with Gasteiger partial charge in [0.2, 0.25) is 0 Å². The van der Waals surface area contributed by atoms with Crippen LogP contribution in [0.3, 0.4) is 0 Å². The van der Waals surface area contributed by atoms with Gasteiger partial charge in [0, 0.05) is 0 Å². The molecule has 1 rings (SSSR count). The molecule has 1 aromatic heterocycles. The molecular formula is C11H16N2O2S. The van der Waals surface area contributed by atoms with Crippen molar-refractivity contribution in [3.05, 3.63) is 24.0 Å². The third-order valence-electron chi connectivity index (χ3n) is 1.80. The van der Waals surface area contributed by atoms with Crippen LogP contribution in [0.2, 0.25) is 0 Å². The first-order valence-electron chi connectivity index (χ1n) is 4.89. The molecule has 0 aliphatic rings. The number of nitrogens with zero attached hydrogens (tertiary/aromatic N) is 2.